The summed E-state index contributed by atoms with van der Waals surface area (Å²) in [6, 6.07) is -1.39. The number of hydrogen-bond donors (Lipinski definition) is 2. The summed E-state index contributed by atoms with van der Waals surface area (Å²) in [5, 5.41) is 11.0. The molecule has 0 aromatic carbocycles. The van der Waals surface area contributed by atoms with Crippen molar-refractivity contribution >= 4 is 18.0 Å². The molecule has 5 heteroatoms. The minimum absolute atomic E-state index is 0.0255. The first-order valence-corrected chi connectivity index (χ1v) is 4.08. The zero-order chi connectivity index (χ0) is 10.3. The second-order valence-electron chi connectivity index (χ2n) is 2.60. The van der Waals surface area contributed by atoms with E-state index in [-0.39, 0.29) is 6.29 Å². The third-order valence-electron chi connectivity index (χ3n) is 1.53. The largest absolute Gasteiger partial charge is 0.480 e. The van der Waals surface area contributed by atoms with E-state index >= 15 is 0 Å². The maximum atomic E-state index is 10.7. The molecule has 0 amide bonds. The van der Waals surface area contributed by atoms with Crippen LogP contribution in [0.2, 0.25) is 0 Å². The molecule has 0 aromatic heterocycles. The molecule has 74 valence electrons. The number of nitrogens with one attached hydrogen (secondary N) is 1. The average molecular weight is 187 g/mol. The number of rotatable bonds is 7. The van der Waals surface area contributed by atoms with Crippen molar-refractivity contribution in [2.24, 2.45) is 0 Å². The van der Waals surface area contributed by atoms with Gasteiger partial charge in [0.1, 0.15) is 0 Å². The number of ketones is 1. The van der Waals surface area contributed by atoms with Crippen molar-refractivity contribution in [3.8, 4) is 0 Å². The molecular weight excluding hydrogens is 174 g/mol. The van der Waals surface area contributed by atoms with Crippen molar-refractivity contribution in [1.82, 2.24) is 5.32 Å². The average Bonchev–Trinajstić information content (AvgIpc) is 2.11. The molecule has 0 bridgehead atoms. The Morgan fingerprint density at radius 3 is 2.54 bits per heavy atom. The number of carbonyl (C=O) groups is 3. The zero-order valence-corrected chi connectivity index (χ0v) is 7.45. The molecule has 1 atom stereocenters. The molecule has 0 radical (unpaired) electrons. The lowest BCUT2D eigenvalue weighted by atomic mass is 10.2. The lowest BCUT2D eigenvalue weighted by Crippen LogP contribution is -2.44. The van der Waals surface area contributed by atoms with E-state index in [0.717, 1.165) is 12.8 Å². The van der Waals surface area contributed by atoms with Crippen LogP contribution in [0.4, 0.5) is 0 Å². The van der Waals surface area contributed by atoms with E-state index in [4.69, 9.17) is 5.11 Å². The Labute approximate surface area is 76.1 Å². The lowest BCUT2D eigenvalue weighted by molar-refractivity contribution is -0.145. The summed E-state index contributed by atoms with van der Waals surface area (Å²) in [7, 11) is 0. The maximum absolute atomic E-state index is 10.7. The summed E-state index contributed by atoms with van der Waals surface area (Å²) in [5.41, 5.74) is 0. The van der Waals surface area contributed by atoms with Crippen LogP contribution in [0.25, 0.3) is 0 Å². The van der Waals surface area contributed by atoms with Gasteiger partial charge in [0.2, 0.25) is 5.78 Å². The van der Waals surface area contributed by atoms with Gasteiger partial charge in [0.05, 0.1) is 0 Å². The fourth-order valence-corrected chi connectivity index (χ4v) is 0.801. The van der Waals surface area contributed by atoms with Crippen LogP contribution >= 0.6 is 0 Å². The van der Waals surface area contributed by atoms with Crippen LogP contribution in [-0.4, -0.2) is 35.7 Å². The monoisotopic (exact) mass is 187 g/mol. The number of carbonyl (C=O) groups excluding carboxylic acids is 2. The van der Waals surface area contributed by atoms with Gasteiger partial charge >= 0.3 is 5.97 Å². The van der Waals surface area contributed by atoms with Gasteiger partial charge in [-0.2, -0.15) is 0 Å². The molecular formula is C8H13NO4. The second-order valence-corrected chi connectivity index (χ2v) is 2.60. The van der Waals surface area contributed by atoms with Crippen molar-refractivity contribution in [3.05, 3.63) is 0 Å². The summed E-state index contributed by atoms with van der Waals surface area (Å²) in [6.45, 7) is 2.37. The summed E-state index contributed by atoms with van der Waals surface area (Å²) in [4.78, 5) is 31.2. The molecule has 1 unspecified atom stereocenters. The number of carboxylic acid groups (broad SMARTS) is 1. The van der Waals surface area contributed by atoms with Crippen LogP contribution in [-0.2, 0) is 14.4 Å². The highest BCUT2D eigenvalue weighted by atomic mass is 16.4. The van der Waals surface area contributed by atoms with Crippen molar-refractivity contribution in [3.63, 3.8) is 0 Å². The van der Waals surface area contributed by atoms with Crippen LogP contribution in [0.5, 0.6) is 0 Å². The Bertz CT molecular complexity index is 202. The van der Waals surface area contributed by atoms with E-state index < -0.39 is 17.8 Å². The summed E-state index contributed by atoms with van der Waals surface area (Å²) in [5.74, 6) is -2.25. The Hall–Kier alpha value is -1.23. The first-order valence-electron chi connectivity index (χ1n) is 4.08. The van der Waals surface area contributed by atoms with Gasteiger partial charge < -0.3 is 5.11 Å². The first-order chi connectivity index (χ1) is 6.13. The SMILES string of the molecule is CCCCNC(C(=O)O)C(=O)C=O. The first kappa shape index (κ1) is 11.8. The van der Waals surface area contributed by atoms with Gasteiger partial charge in [-0.15, -0.1) is 0 Å². The molecule has 0 saturated carbocycles. The third-order valence-corrected chi connectivity index (χ3v) is 1.53. The van der Waals surface area contributed by atoms with E-state index in [9.17, 15) is 14.4 Å². The van der Waals surface area contributed by atoms with Crippen molar-refractivity contribution in [2.45, 2.75) is 25.8 Å². The molecule has 0 aromatic rings. The highest BCUT2D eigenvalue weighted by molar-refractivity contribution is 6.32. The summed E-state index contributed by atoms with van der Waals surface area (Å²) < 4.78 is 0. The van der Waals surface area contributed by atoms with Gasteiger partial charge in [0.15, 0.2) is 12.3 Å². The van der Waals surface area contributed by atoms with E-state index in [2.05, 4.69) is 5.32 Å². The fourth-order valence-electron chi connectivity index (χ4n) is 0.801. The molecule has 0 saturated heterocycles. The lowest BCUT2D eigenvalue weighted by Gasteiger charge is -2.09. The molecule has 0 aliphatic carbocycles. The third kappa shape index (κ3) is 4.37. The van der Waals surface area contributed by atoms with E-state index in [1.807, 2.05) is 6.92 Å². The smallest absolute Gasteiger partial charge is 0.328 e. The molecule has 0 heterocycles. The zero-order valence-electron chi connectivity index (χ0n) is 7.45. The van der Waals surface area contributed by atoms with Gasteiger partial charge in [0, 0.05) is 0 Å². The van der Waals surface area contributed by atoms with E-state index in [1.54, 1.807) is 0 Å². The minimum Gasteiger partial charge on any atom is -0.480 e. The van der Waals surface area contributed by atoms with Crippen molar-refractivity contribution < 1.29 is 19.5 Å². The molecule has 0 aliphatic rings. The quantitative estimate of drug-likeness (QED) is 0.245. The van der Waals surface area contributed by atoms with Crippen molar-refractivity contribution in [2.75, 3.05) is 6.54 Å². The molecule has 0 fully saturated rings. The van der Waals surface area contributed by atoms with Crippen LogP contribution in [0.3, 0.4) is 0 Å². The summed E-state index contributed by atoms with van der Waals surface area (Å²) in [6.07, 6.45) is 1.70. The van der Waals surface area contributed by atoms with Gasteiger partial charge in [0.25, 0.3) is 0 Å². The van der Waals surface area contributed by atoms with E-state index in [0.29, 0.717) is 6.54 Å². The molecule has 0 aliphatic heterocycles. The molecule has 0 spiro atoms. The number of Topliss-reactive ketones (excluding diaryl/α,β-unsaturated/α-hetero) is 1. The van der Waals surface area contributed by atoms with Gasteiger partial charge in [-0.1, -0.05) is 13.3 Å². The highest BCUT2D eigenvalue weighted by Gasteiger charge is 2.24. The number of unbranched alkanes of at least 4 members (excludes halogenated alkanes) is 1. The Balaban J connectivity index is 4.03. The highest BCUT2D eigenvalue weighted by Crippen LogP contribution is 1.88. The predicted octanol–water partition coefficient (Wildman–Crippen LogP) is -0.403. The number of carboxylic acids is 1. The van der Waals surface area contributed by atoms with Crippen molar-refractivity contribution in [1.29, 1.82) is 0 Å². The number of aliphatic carboxylic acids is 1. The van der Waals surface area contributed by atoms with Gasteiger partial charge in [-0.3, -0.25) is 19.7 Å². The second kappa shape index (κ2) is 6.30. The Morgan fingerprint density at radius 2 is 2.15 bits per heavy atom. The predicted molar refractivity (Wildman–Crippen MR) is 45.4 cm³/mol. The van der Waals surface area contributed by atoms with Gasteiger partial charge in [-0.25, -0.2) is 0 Å². The molecule has 2 N–H and O–H groups in total. The summed E-state index contributed by atoms with van der Waals surface area (Å²) >= 11 is 0. The maximum Gasteiger partial charge on any atom is 0.328 e. The number of hydrogen-bond acceptors (Lipinski definition) is 4. The van der Waals surface area contributed by atoms with Crippen LogP contribution in [0, 0.1) is 0 Å². The molecule has 13 heavy (non-hydrogen) atoms. The van der Waals surface area contributed by atoms with Crippen LogP contribution < -0.4 is 5.32 Å². The fraction of sp³-hybridized carbons (Fsp3) is 0.625. The number of aldehydes is 1. The minimum atomic E-state index is -1.39. The molecule has 0 rings (SSSR count). The van der Waals surface area contributed by atoms with E-state index in [1.165, 1.54) is 0 Å². The topological polar surface area (TPSA) is 83.5 Å². The molecule has 5 nitrogen and oxygen atoms in total. The standard InChI is InChI=1S/C8H13NO4/c1-2-3-4-9-7(8(12)13)6(11)5-10/h5,7,9H,2-4H2,1H3,(H,12,13). The van der Waals surface area contributed by atoms with Crippen LogP contribution in [0.1, 0.15) is 19.8 Å². The van der Waals surface area contributed by atoms with Gasteiger partial charge in [-0.05, 0) is 13.0 Å². The van der Waals surface area contributed by atoms with Crippen LogP contribution in [0.15, 0.2) is 0 Å². The Kier molecular flexibility index (Phi) is 5.71. The Morgan fingerprint density at radius 1 is 1.54 bits per heavy atom. The normalized spacial score (nSPS) is 12.1.